The fourth-order valence-corrected chi connectivity index (χ4v) is 0.971. The zero-order valence-electron chi connectivity index (χ0n) is 6.60. The molecule has 1 N–H and O–H groups in total. The van der Waals surface area contributed by atoms with E-state index in [1.807, 2.05) is 24.3 Å². The van der Waals surface area contributed by atoms with Crippen LogP contribution in [0.2, 0.25) is 0 Å². The maximum atomic E-state index is 10.2. The first-order chi connectivity index (χ1) is 5.70. The Bertz CT molecular complexity index is 282. The minimum atomic E-state index is -0.925. The van der Waals surface area contributed by atoms with Crippen molar-refractivity contribution in [3.63, 3.8) is 0 Å². The van der Waals surface area contributed by atoms with Crippen LogP contribution in [0.5, 0.6) is 0 Å². The molecule has 0 spiro atoms. The SMILES string of the molecule is C=C1C=CC=CC1C=CC(=O)O. The second-order valence-corrected chi connectivity index (χ2v) is 2.54. The van der Waals surface area contributed by atoms with Gasteiger partial charge in [-0.3, -0.25) is 0 Å². The van der Waals surface area contributed by atoms with E-state index in [-0.39, 0.29) is 5.92 Å². The van der Waals surface area contributed by atoms with Gasteiger partial charge in [-0.2, -0.15) is 0 Å². The second kappa shape index (κ2) is 3.72. The molecule has 0 saturated heterocycles. The number of carboxylic acids is 1. The molecule has 1 atom stereocenters. The molecule has 0 amide bonds. The van der Waals surface area contributed by atoms with Crippen LogP contribution >= 0.6 is 0 Å². The van der Waals surface area contributed by atoms with Gasteiger partial charge in [0, 0.05) is 12.0 Å². The highest BCUT2D eigenvalue weighted by molar-refractivity contribution is 5.79. The number of allylic oxidation sites excluding steroid dienone is 6. The largest absolute Gasteiger partial charge is 0.478 e. The summed E-state index contributed by atoms with van der Waals surface area (Å²) in [4.78, 5) is 10.2. The van der Waals surface area contributed by atoms with E-state index < -0.39 is 5.97 Å². The topological polar surface area (TPSA) is 37.3 Å². The lowest BCUT2D eigenvalue weighted by Crippen LogP contribution is -1.98. The average molecular weight is 162 g/mol. The highest BCUT2D eigenvalue weighted by Crippen LogP contribution is 2.17. The Labute approximate surface area is 71.2 Å². The molecule has 0 heterocycles. The van der Waals surface area contributed by atoms with Crippen molar-refractivity contribution in [2.24, 2.45) is 5.92 Å². The molecule has 0 aromatic rings. The molecule has 0 fully saturated rings. The zero-order valence-corrected chi connectivity index (χ0v) is 6.60. The Morgan fingerprint density at radius 2 is 2.33 bits per heavy atom. The van der Waals surface area contributed by atoms with E-state index >= 15 is 0 Å². The molecule has 0 aliphatic heterocycles. The van der Waals surface area contributed by atoms with E-state index in [0.29, 0.717) is 0 Å². The molecule has 12 heavy (non-hydrogen) atoms. The first-order valence-electron chi connectivity index (χ1n) is 3.65. The first kappa shape index (κ1) is 8.53. The van der Waals surface area contributed by atoms with Crippen LogP contribution in [0.15, 0.2) is 48.6 Å². The Hall–Kier alpha value is -1.57. The van der Waals surface area contributed by atoms with Gasteiger partial charge in [-0.25, -0.2) is 4.79 Å². The molecule has 1 rings (SSSR count). The van der Waals surface area contributed by atoms with Gasteiger partial charge < -0.3 is 5.11 Å². The molecular weight excluding hydrogens is 152 g/mol. The minimum Gasteiger partial charge on any atom is -0.478 e. The molecule has 0 bridgehead atoms. The van der Waals surface area contributed by atoms with Crippen LogP contribution in [0.4, 0.5) is 0 Å². The normalized spacial score (nSPS) is 22.0. The molecular formula is C10H10O2. The van der Waals surface area contributed by atoms with Crippen molar-refractivity contribution in [3.05, 3.63) is 48.6 Å². The molecule has 1 aliphatic carbocycles. The van der Waals surface area contributed by atoms with Crippen molar-refractivity contribution in [1.82, 2.24) is 0 Å². The summed E-state index contributed by atoms with van der Waals surface area (Å²) in [6, 6.07) is 0. The van der Waals surface area contributed by atoms with Crippen LogP contribution in [-0.4, -0.2) is 11.1 Å². The molecule has 2 nitrogen and oxygen atoms in total. The molecule has 2 heteroatoms. The molecule has 1 aliphatic rings. The summed E-state index contributed by atoms with van der Waals surface area (Å²) in [6.45, 7) is 3.79. The zero-order chi connectivity index (χ0) is 8.97. The van der Waals surface area contributed by atoms with Gasteiger partial charge in [0.05, 0.1) is 0 Å². The van der Waals surface area contributed by atoms with Crippen molar-refractivity contribution < 1.29 is 9.90 Å². The summed E-state index contributed by atoms with van der Waals surface area (Å²) < 4.78 is 0. The average Bonchev–Trinajstić information content (AvgIpc) is 2.03. The molecule has 0 aromatic carbocycles. The predicted octanol–water partition coefficient (Wildman–Crippen LogP) is 1.93. The fraction of sp³-hybridized carbons (Fsp3) is 0.100. The highest BCUT2D eigenvalue weighted by Gasteiger charge is 2.04. The number of aliphatic carboxylic acids is 1. The smallest absolute Gasteiger partial charge is 0.328 e. The maximum absolute atomic E-state index is 10.2. The summed E-state index contributed by atoms with van der Waals surface area (Å²) in [5.41, 5.74) is 0.912. The van der Waals surface area contributed by atoms with E-state index in [1.165, 1.54) is 0 Å². The van der Waals surface area contributed by atoms with Crippen LogP contribution in [0.1, 0.15) is 0 Å². The molecule has 1 unspecified atom stereocenters. The predicted molar refractivity (Wildman–Crippen MR) is 47.7 cm³/mol. The molecule has 0 radical (unpaired) electrons. The van der Waals surface area contributed by atoms with Gasteiger partial charge in [0.2, 0.25) is 0 Å². The Morgan fingerprint density at radius 3 is 2.92 bits per heavy atom. The number of carbonyl (C=O) groups is 1. The van der Waals surface area contributed by atoms with Crippen molar-refractivity contribution >= 4 is 5.97 Å². The summed E-state index contributed by atoms with van der Waals surface area (Å²) in [6.07, 6.45) is 10.3. The van der Waals surface area contributed by atoms with Gasteiger partial charge in [0.1, 0.15) is 0 Å². The summed E-state index contributed by atoms with van der Waals surface area (Å²) in [5.74, 6) is -0.892. The second-order valence-electron chi connectivity index (χ2n) is 2.54. The van der Waals surface area contributed by atoms with Gasteiger partial charge in [0.25, 0.3) is 0 Å². The third kappa shape index (κ3) is 2.23. The number of hydrogen-bond acceptors (Lipinski definition) is 1. The third-order valence-corrected chi connectivity index (χ3v) is 1.61. The van der Waals surface area contributed by atoms with Crippen LogP contribution in [0, 0.1) is 5.92 Å². The van der Waals surface area contributed by atoms with E-state index in [9.17, 15) is 4.79 Å². The monoisotopic (exact) mass is 162 g/mol. The summed E-state index contributed by atoms with van der Waals surface area (Å²) >= 11 is 0. The van der Waals surface area contributed by atoms with Crippen LogP contribution in [0.3, 0.4) is 0 Å². The van der Waals surface area contributed by atoms with Gasteiger partial charge in [-0.15, -0.1) is 0 Å². The standard InChI is InChI=1S/C10H10O2/c1-8-4-2-3-5-9(8)6-7-10(11)12/h2-7,9H,1H2,(H,11,12). The van der Waals surface area contributed by atoms with Gasteiger partial charge >= 0.3 is 5.97 Å². The third-order valence-electron chi connectivity index (χ3n) is 1.61. The minimum absolute atomic E-state index is 0.0334. The van der Waals surface area contributed by atoms with Crippen molar-refractivity contribution in [3.8, 4) is 0 Å². The van der Waals surface area contributed by atoms with E-state index in [1.54, 1.807) is 6.08 Å². The number of carboxylic acid groups (broad SMARTS) is 1. The van der Waals surface area contributed by atoms with Crippen molar-refractivity contribution in [2.45, 2.75) is 0 Å². The van der Waals surface area contributed by atoms with Gasteiger partial charge in [-0.1, -0.05) is 37.0 Å². The first-order valence-corrected chi connectivity index (χ1v) is 3.65. The van der Waals surface area contributed by atoms with Crippen LogP contribution < -0.4 is 0 Å². The van der Waals surface area contributed by atoms with Gasteiger partial charge in [0.15, 0.2) is 0 Å². The summed E-state index contributed by atoms with van der Waals surface area (Å²) in [7, 11) is 0. The van der Waals surface area contributed by atoms with Crippen LogP contribution in [0.25, 0.3) is 0 Å². The van der Waals surface area contributed by atoms with Crippen LogP contribution in [-0.2, 0) is 4.79 Å². The van der Waals surface area contributed by atoms with Crippen molar-refractivity contribution in [1.29, 1.82) is 0 Å². The Morgan fingerprint density at radius 1 is 1.58 bits per heavy atom. The van der Waals surface area contributed by atoms with Crippen molar-refractivity contribution in [2.75, 3.05) is 0 Å². The molecule has 0 aromatic heterocycles. The van der Waals surface area contributed by atoms with E-state index in [4.69, 9.17) is 5.11 Å². The fourth-order valence-electron chi connectivity index (χ4n) is 0.971. The summed E-state index contributed by atoms with van der Waals surface area (Å²) in [5, 5.41) is 8.37. The van der Waals surface area contributed by atoms with E-state index in [0.717, 1.165) is 11.6 Å². The number of rotatable bonds is 2. The number of hydrogen-bond donors (Lipinski definition) is 1. The Kier molecular flexibility index (Phi) is 2.64. The Balaban J connectivity index is 2.65. The van der Waals surface area contributed by atoms with E-state index in [2.05, 4.69) is 6.58 Å². The molecule has 62 valence electrons. The quantitative estimate of drug-likeness (QED) is 0.630. The maximum Gasteiger partial charge on any atom is 0.328 e. The van der Waals surface area contributed by atoms with Gasteiger partial charge in [-0.05, 0) is 5.57 Å². The lowest BCUT2D eigenvalue weighted by Gasteiger charge is -2.09. The molecule has 0 saturated carbocycles. The lowest BCUT2D eigenvalue weighted by atomic mass is 9.96. The highest BCUT2D eigenvalue weighted by atomic mass is 16.4. The lowest BCUT2D eigenvalue weighted by molar-refractivity contribution is -0.131.